The standard InChI is InChI=1S/C22H20N2O4S2/c1-4-28-21(26)18-13(2)23-22-24(19(18)16-9-6-10-29-16)20(25)17(30-22)12-14-7-5-8-15(11-14)27-3/h5-12,19H,4H2,1-3H3/b17-12+/t19-/m1/s1. The fourth-order valence-electron chi connectivity index (χ4n) is 3.39. The number of allylic oxidation sites excluding steroid dienone is 1. The van der Waals surface area contributed by atoms with Crippen molar-refractivity contribution in [3.63, 3.8) is 0 Å². The molecule has 0 bridgehead atoms. The molecule has 8 heteroatoms. The minimum absolute atomic E-state index is 0.186. The zero-order valence-corrected chi connectivity index (χ0v) is 18.4. The Labute approximate surface area is 181 Å². The average molecular weight is 441 g/mol. The van der Waals surface area contributed by atoms with Gasteiger partial charge in [0.2, 0.25) is 0 Å². The first-order chi connectivity index (χ1) is 14.5. The molecule has 6 nitrogen and oxygen atoms in total. The van der Waals surface area contributed by atoms with Crippen molar-refractivity contribution in [3.05, 3.63) is 83.2 Å². The molecule has 0 unspecified atom stereocenters. The number of carbonyl (C=O) groups excluding carboxylic acids is 1. The van der Waals surface area contributed by atoms with Gasteiger partial charge < -0.3 is 9.47 Å². The van der Waals surface area contributed by atoms with Gasteiger partial charge in [0, 0.05) is 4.88 Å². The molecule has 0 amide bonds. The van der Waals surface area contributed by atoms with Crippen molar-refractivity contribution < 1.29 is 14.3 Å². The Hall–Kier alpha value is -2.97. The van der Waals surface area contributed by atoms with E-state index in [9.17, 15) is 9.59 Å². The molecule has 0 saturated heterocycles. The van der Waals surface area contributed by atoms with Crippen molar-refractivity contribution in [2.75, 3.05) is 13.7 Å². The Bertz CT molecular complexity index is 1300. The maximum absolute atomic E-state index is 13.4. The van der Waals surface area contributed by atoms with Gasteiger partial charge in [-0.25, -0.2) is 9.79 Å². The Kier molecular flexibility index (Phi) is 5.69. The van der Waals surface area contributed by atoms with Crippen LogP contribution in [0.4, 0.5) is 0 Å². The van der Waals surface area contributed by atoms with Gasteiger partial charge in [0.05, 0.1) is 29.5 Å². The van der Waals surface area contributed by atoms with Crippen molar-refractivity contribution in [2.24, 2.45) is 4.99 Å². The van der Waals surface area contributed by atoms with E-state index in [2.05, 4.69) is 4.99 Å². The second-order valence-electron chi connectivity index (χ2n) is 6.59. The van der Waals surface area contributed by atoms with Crippen molar-refractivity contribution in [3.8, 4) is 5.75 Å². The maximum Gasteiger partial charge on any atom is 0.338 e. The van der Waals surface area contributed by atoms with E-state index in [1.165, 1.54) is 22.7 Å². The third-order valence-electron chi connectivity index (χ3n) is 4.72. The van der Waals surface area contributed by atoms with Gasteiger partial charge in [-0.3, -0.25) is 9.36 Å². The van der Waals surface area contributed by atoms with Crippen molar-refractivity contribution >= 4 is 34.7 Å². The van der Waals surface area contributed by atoms with E-state index in [1.54, 1.807) is 25.5 Å². The molecule has 154 valence electrons. The van der Waals surface area contributed by atoms with E-state index >= 15 is 0 Å². The van der Waals surface area contributed by atoms with Gasteiger partial charge in [-0.1, -0.05) is 29.5 Å². The SMILES string of the molecule is CCOC(=O)C1=C(C)N=c2s/c(=C/c3cccc(OC)c3)c(=O)n2[C@@H]1c1cccs1. The van der Waals surface area contributed by atoms with Crippen LogP contribution >= 0.6 is 22.7 Å². The highest BCUT2D eigenvalue weighted by Gasteiger charge is 2.33. The third-order valence-corrected chi connectivity index (χ3v) is 6.63. The average Bonchev–Trinajstić information content (AvgIpc) is 3.36. The molecule has 30 heavy (non-hydrogen) atoms. The molecule has 0 spiro atoms. The quantitative estimate of drug-likeness (QED) is 0.572. The zero-order valence-electron chi connectivity index (χ0n) is 16.7. The first-order valence-electron chi connectivity index (χ1n) is 9.40. The molecule has 0 aliphatic carbocycles. The zero-order chi connectivity index (χ0) is 21.3. The Morgan fingerprint density at radius 1 is 1.30 bits per heavy atom. The number of nitrogens with zero attached hydrogens (tertiary/aromatic N) is 2. The smallest absolute Gasteiger partial charge is 0.338 e. The Morgan fingerprint density at radius 3 is 2.83 bits per heavy atom. The topological polar surface area (TPSA) is 69.9 Å². The normalized spacial score (nSPS) is 16.2. The maximum atomic E-state index is 13.4. The molecule has 3 aromatic rings. The lowest BCUT2D eigenvalue weighted by Crippen LogP contribution is -2.39. The summed E-state index contributed by atoms with van der Waals surface area (Å²) in [7, 11) is 1.60. The molecule has 0 N–H and O–H groups in total. The van der Waals surface area contributed by atoms with Crippen LogP contribution < -0.4 is 19.6 Å². The summed E-state index contributed by atoms with van der Waals surface area (Å²) in [4.78, 5) is 32.2. The molecular weight excluding hydrogens is 420 g/mol. The molecule has 1 aromatic carbocycles. The number of benzene rings is 1. The highest BCUT2D eigenvalue weighted by molar-refractivity contribution is 7.10. The number of carbonyl (C=O) groups is 1. The van der Waals surface area contributed by atoms with Crippen LogP contribution in [0.1, 0.15) is 30.3 Å². The summed E-state index contributed by atoms with van der Waals surface area (Å²) >= 11 is 2.80. The first-order valence-corrected chi connectivity index (χ1v) is 11.1. The molecule has 3 heterocycles. The number of fused-ring (bicyclic) bond motifs is 1. The van der Waals surface area contributed by atoms with Gasteiger partial charge in [-0.05, 0) is 49.1 Å². The van der Waals surface area contributed by atoms with E-state index in [4.69, 9.17) is 9.47 Å². The lowest BCUT2D eigenvalue weighted by atomic mass is 10.0. The van der Waals surface area contributed by atoms with Crippen LogP contribution in [0.15, 0.2) is 62.8 Å². The Morgan fingerprint density at radius 2 is 2.13 bits per heavy atom. The molecule has 0 fully saturated rings. The molecule has 4 rings (SSSR count). The highest BCUT2D eigenvalue weighted by Crippen LogP contribution is 2.33. The van der Waals surface area contributed by atoms with Gasteiger partial charge in [0.1, 0.15) is 11.8 Å². The summed E-state index contributed by atoms with van der Waals surface area (Å²) in [5, 5.41) is 1.93. The molecule has 0 saturated carbocycles. The molecule has 0 radical (unpaired) electrons. The second kappa shape index (κ2) is 8.41. The lowest BCUT2D eigenvalue weighted by molar-refractivity contribution is -0.139. The molecule has 2 aromatic heterocycles. The Balaban J connectivity index is 1.92. The van der Waals surface area contributed by atoms with E-state index in [1.807, 2.05) is 47.9 Å². The largest absolute Gasteiger partial charge is 0.497 e. The number of ether oxygens (including phenoxy) is 2. The van der Waals surface area contributed by atoms with E-state index in [-0.39, 0.29) is 12.2 Å². The molecule has 1 atom stereocenters. The van der Waals surface area contributed by atoms with Crippen LogP contribution in [-0.2, 0) is 9.53 Å². The van der Waals surface area contributed by atoms with Gasteiger partial charge >= 0.3 is 5.97 Å². The van der Waals surface area contributed by atoms with Crippen molar-refractivity contribution in [2.45, 2.75) is 19.9 Å². The van der Waals surface area contributed by atoms with E-state index < -0.39 is 12.0 Å². The number of thiazole rings is 1. The molecular formula is C22H20N2O4S2. The van der Waals surface area contributed by atoms with Crippen LogP contribution in [0.3, 0.4) is 0 Å². The van der Waals surface area contributed by atoms with Gasteiger partial charge in [-0.15, -0.1) is 11.3 Å². The second-order valence-corrected chi connectivity index (χ2v) is 8.58. The summed E-state index contributed by atoms with van der Waals surface area (Å²) in [5.41, 5.74) is 1.64. The summed E-state index contributed by atoms with van der Waals surface area (Å²) in [6.07, 6.45) is 1.82. The first kappa shape index (κ1) is 20.3. The summed E-state index contributed by atoms with van der Waals surface area (Å²) in [6, 6.07) is 10.8. The van der Waals surface area contributed by atoms with Crippen LogP contribution in [0.25, 0.3) is 6.08 Å². The van der Waals surface area contributed by atoms with Gasteiger partial charge in [0.25, 0.3) is 5.56 Å². The fraction of sp³-hybridized carbons (Fsp3) is 0.227. The van der Waals surface area contributed by atoms with Crippen molar-refractivity contribution in [1.82, 2.24) is 4.57 Å². The minimum Gasteiger partial charge on any atom is -0.497 e. The lowest BCUT2D eigenvalue weighted by Gasteiger charge is -2.23. The number of aromatic nitrogens is 1. The predicted octanol–water partition coefficient (Wildman–Crippen LogP) is 2.87. The highest BCUT2D eigenvalue weighted by atomic mass is 32.1. The van der Waals surface area contributed by atoms with Crippen LogP contribution in [0.5, 0.6) is 5.75 Å². The minimum atomic E-state index is -0.548. The number of methoxy groups -OCH3 is 1. The molecule has 1 aliphatic rings. The summed E-state index contributed by atoms with van der Waals surface area (Å²) in [6.45, 7) is 3.80. The number of esters is 1. The number of thiophene rings is 1. The predicted molar refractivity (Wildman–Crippen MR) is 118 cm³/mol. The third kappa shape index (κ3) is 3.64. The fourth-order valence-corrected chi connectivity index (χ4v) is 5.26. The van der Waals surface area contributed by atoms with Crippen LogP contribution in [0, 0.1) is 0 Å². The van der Waals surface area contributed by atoms with Crippen LogP contribution in [0.2, 0.25) is 0 Å². The van der Waals surface area contributed by atoms with Gasteiger partial charge in [0.15, 0.2) is 4.80 Å². The molecule has 1 aliphatic heterocycles. The van der Waals surface area contributed by atoms with E-state index in [0.29, 0.717) is 26.4 Å². The number of rotatable bonds is 5. The number of hydrogen-bond acceptors (Lipinski definition) is 7. The summed E-state index contributed by atoms with van der Waals surface area (Å²) in [5.74, 6) is 0.271. The van der Waals surface area contributed by atoms with Crippen LogP contribution in [-0.4, -0.2) is 24.3 Å². The monoisotopic (exact) mass is 440 g/mol. The van der Waals surface area contributed by atoms with Gasteiger partial charge in [-0.2, -0.15) is 0 Å². The van der Waals surface area contributed by atoms with Crippen molar-refractivity contribution in [1.29, 1.82) is 0 Å². The van der Waals surface area contributed by atoms with E-state index in [0.717, 1.165) is 10.4 Å². The summed E-state index contributed by atoms with van der Waals surface area (Å²) < 4.78 is 12.7. The number of hydrogen-bond donors (Lipinski definition) is 0.